The van der Waals surface area contributed by atoms with Crippen LogP contribution in [0.25, 0.3) is 0 Å². The zero-order valence-electron chi connectivity index (χ0n) is 10.3. The minimum absolute atomic E-state index is 0.0907. The number of carbonyl (C=O) groups excluding carboxylic acids is 2. The van der Waals surface area contributed by atoms with Gasteiger partial charge in [-0.3, -0.25) is 9.59 Å². The van der Waals surface area contributed by atoms with Crippen LogP contribution in [0.3, 0.4) is 0 Å². The van der Waals surface area contributed by atoms with Gasteiger partial charge >= 0.3 is 0 Å². The quantitative estimate of drug-likeness (QED) is 0.865. The summed E-state index contributed by atoms with van der Waals surface area (Å²) in [6.45, 7) is 1.47. The third-order valence-corrected chi connectivity index (χ3v) is 2.91. The predicted octanol–water partition coefficient (Wildman–Crippen LogP) is 3.79. The fourth-order valence-corrected chi connectivity index (χ4v) is 1.82. The molecule has 0 atom stereocenters. The number of ketones is 1. The second-order valence-corrected chi connectivity index (χ2v) is 4.50. The Morgan fingerprint density at radius 2 is 1.63 bits per heavy atom. The van der Waals surface area contributed by atoms with E-state index >= 15 is 0 Å². The summed E-state index contributed by atoms with van der Waals surface area (Å²) in [5.41, 5.74) is 1.49. The number of nitrogens with one attached hydrogen (secondary N) is 1. The molecule has 2 aromatic carbocycles. The van der Waals surface area contributed by atoms with Gasteiger partial charge in [0.2, 0.25) is 0 Å². The number of rotatable bonds is 3. The van der Waals surface area contributed by atoms with Crippen molar-refractivity contribution >= 4 is 29.0 Å². The lowest BCUT2D eigenvalue weighted by molar-refractivity contribution is 0.101. The molecule has 0 fully saturated rings. The highest BCUT2D eigenvalue weighted by atomic mass is 35.5. The molecule has 96 valence electrons. The Balaban J connectivity index is 2.24. The predicted molar refractivity (Wildman–Crippen MR) is 75.9 cm³/mol. The maximum atomic E-state index is 12.0. The molecule has 2 aromatic rings. The summed E-state index contributed by atoms with van der Waals surface area (Å²) in [5, 5.41) is 3.29. The van der Waals surface area contributed by atoms with Crippen LogP contribution in [0.2, 0.25) is 5.02 Å². The van der Waals surface area contributed by atoms with Gasteiger partial charge in [0.15, 0.2) is 5.78 Å². The van der Waals surface area contributed by atoms with Gasteiger partial charge in [-0.15, -0.1) is 0 Å². The van der Waals surface area contributed by atoms with Crippen molar-refractivity contribution in [1.29, 1.82) is 0 Å². The van der Waals surface area contributed by atoms with Crippen molar-refractivity contribution in [3.63, 3.8) is 0 Å². The SMILES string of the molecule is CC(=O)c1ccccc1NC(=O)c1ccc(Cl)cc1. The van der Waals surface area contributed by atoms with Crippen molar-refractivity contribution in [1.82, 2.24) is 0 Å². The smallest absolute Gasteiger partial charge is 0.255 e. The van der Waals surface area contributed by atoms with E-state index < -0.39 is 0 Å². The highest BCUT2D eigenvalue weighted by molar-refractivity contribution is 6.30. The third kappa shape index (κ3) is 3.20. The molecule has 1 N–H and O–H groups in total. The molecule has 4 heteroatoms. The second-order valence-electron chi connectivity index (χ2n) is 4.06. The molecule has 3 nitrogen and oxygen atoms in total. The van der Waals surface area contributed by atoms with Crippen LogP contribution in [0.4, 0.5) is 5.69 Å². The Morgan fingerprint density at radius 1 is 1.00 bits per heavy atom. The number of halogens is 1. The molecule has 0 unspecified atom stereocenters. The van der Waals surface area contributed by atoms with Gasteiger partial charge in [-0.2, -0.15) is 0 Å². The molecule has 0 aliphatic carbocycles. The van der Waals surface area contributed by atoms with Gasteiger partial charge in [0, 0.05) is 16.1 Å². The van der Waals surface area contributed by atoms with Gasteiger partial charge in [-0.05, 0) is 43.3 Å². The van der Waals surface area contributed by atoms with E-state index in [0.717, 1.165) is 0 Å². The number of para-hydroxylation sites is 1. The lowest BCUT2D eigenvalue weighted by Crippen LogP contribution is -2.14. The molecule has 0 aliphatic heterocycles. The highest BCUT2D eigenvalue weighted by Gasteiger charge is 2.10. The van der Waals surface area contributed by atoms with Crippen molar-refractivity contribution < 1.29 is 9.59 Å². The summed E-state index contributed by atoms with van der Waals surface area (Å²) in [7, 11) is 0. The summed E-state index contributed by atoms with van der Waals surface area (Å²) in [6.07, 6.45) is 0. The largest absolute Gasteiger partial charge is 0.321 e. The number of carbonyl (C=O) groups is 2. The molecule has 0 spiro atoms. The number of hydrogen-bond donors (Lipinski definition) is 1. The lowest BCUT2D eigenvalue weighted by Gasteiger charge is -2.09. The van der Waals surface area contributed by atoms with Crippen LogP contribution in [-0.4, -0.2) is 11.7 Å². The summed E-state index contributed by atoms with van der Waals surface area (Å²) >= 11 is 5.77. The first-order valence-electron chi connectivity index (χ1n) is 5.75. The zero-order chi connectivity index (χ0) is 13.8. The van der Waals surface area contributed by atoms with Crippen LogP contribution in [0.5, 0.6) is 0 Å². The first-order valence-corrected chi connectivity index (χ1v) is 6.12. The summed E-state index contributed by atoms with van der Waals surface area (Å²) < 4.78 is 0. The molecule has 0 heterocycles. The average Bonchev–Trinajstić information content (AvgIpc) is 2.39. The van der Waals surface area contributed by atoms with Crippen molar-refractivity contribution in [2.75, 3.05) is 5.32 Å². The van der Waals surface area contributed by atoms with E-state index in [9.17, 15) is 9.59 Å². The van der Waals surface area contributed by atoms with Crippen LogP contribution >= 0.6 is 11.6 Å². The molecule has 0 bridgehead atoms. The molecule has 0 aromatic heterocycles. The summed E-state index contributed by atoms with van der Waals surface area (Å²) in [5.74, 6) is -0.364. The number of hydrogen-bond acceptors (Lipinski definition) is 2. The molecule has 19 heavy (non-hydrogen) atoms. The van der Waals surface area contributed by atoms with E-state index in [2.05, 4.69) is 5.32 Å². The normalized spacial score (nSPS) is 10.0. The third-order valence-electron chi connectivity index (χ3n) is 2.66. The molecule has 0 radical (unpaired) electrons. The Morgan fingerprint density at radius 3 is 2.26 bits per heavy atom. The molecule has 1 amide bonds. The van der Waals surface area contributed by atoms with Crippen LogP contribution in [0, 0.1) is 0 Å². The molecular weight excluding hydrogens is 262 g/mol. The number of Topliss-reactive ketones (excluding diaryl/α,β-unsaturated/α-hetero) is 1. The Bertz CT molecular complexity index is 620. The van der Waals surface area contributed by atoms with E-state index in [1.165, 1.54) is 6.92 Å². The van der Waals surface area contributed by atoms with Crippen LogP contribution in [0.15, 0.2) is 48.5 Å². The fraction of sp³-hybridized carbons (Fsp3) is 0.0667. The Labute approximate surface area is 116 Å². The van der Waals surface area contributed by atoms with Gasteiger partial charge < -0.3 is 5.32 Å². The van der Waals surface area contributed by atoms with Crippen LogP contribution in [-0.2, 0) is 0 Å². The minimum atomic E-state index is -0.273. The molecule has 2 rings (SSSR count). The second kappa shape index (κ2) is 5.67. The molecular formula is C15H12ClNO2. The minimum Gasteiger partial charge on any atom is -0.321 e. The van der Waals surface area contributed by atoms with E-state index in [-0.39, 0.29) is 11.7 Å². The standard InChI is InChI=1S/C15H12ClNO2/c1-10(18)13-4-2-3-5-14(13)17-15(19)11-6-8-12(16)9-7-11/h2-9H,1H3,(H,17,19). The number of anilines is 1. The highest BCUT2D eigenvalue weighted by Crippen LogP contribution is 2.17. The Hall–Kier alpha value is -2.13. The zero-order valence-corrected chi connectivity index (χ0v) is 11.1. The topological polar surface area (TPSA) is 46.2 Å². The monoisotopic (exact) mass is 273 g/mol. The maximum Gasteiger partial charge on any atom is 0.255 e. The van der Waals surface area contributed by atoms with Crippen molar-refractivity contribution in [3.05, 3.63) is 64.7 Å². The van der Waals surface area contributed by atoms with Gasteiger partial charge in [0.05, 0.1) is 5.69 Å². The lowest BCUT2D eigenvalue weighted by atomic mass is 10.1. The van der Waals surface area contributed by atoms with E-state index in [1.54, 1.807) is 48.5 Å². The van der Waals surface area contributed by atoms with Gasteiger partial charge in [0.25, 0.3) is 5.91 Å². The van der Waals surface area contributed by atoms with Gasteiger partial charge in [-0.25, -0.2) is 0 Å². The maximum absolute atomic E-state index is 12.0. The summed E-state index contributed by atoms with van der Waals surface area (Å²) in [4.78, 5) is 23.5. The fourth-order valence-electron chi connectivity index (χ4n) is 1.69. The Kier molecular flexibility index (Phi) is 3.97. The number of amides is 1. The molecule has 0 saturated heterocycles. The average molecular weight is 274 g/mol. The van der Waals surface area contributed by atoms with Crippen molar-refractivity contribution in [3.8, 4) is 0 Å². The van der Waals surface area contributed by atoms with Crippen molar-refractivity contribution in [2.24, 2.45) is 0 Å². The first-order chi connectivity index (χ1) is 9.08. The van der Waals surface area contributed by atoms with Crippen LogP contribution < -0.4 is 5.32 Å². The van der Waals surface area contributed by atoms with E-state index in [4.69, 9.17) is 11.6 Å². The van der Waals surface area contributed by atoms with E-state index in [0.29, 0.717) is 21.8 Å². The molecule has 0 aliphatic rings. The number of benzene rings is 2. The van der Waals surface area contributed by atoms with Gasteiger partial charge in [0.1, 0.15) is 0 Å². The molecule has 0 saturated carbocycles. The van der Waals surface area contributed by atoms with Crippen molar-refractivity contribution in [2.45, 2.75) is 6.92 Å². The summed E-state index contributed by atoms with van der Waals surface area (Å²) in [6, 6.07) is 13.5. The van der Waals surface area contributed by atoms with Crippen LogP contribution in [0.1, 0.15) is 27.6 Å². The van der Waals surface area contributed by atoms with E-state index in [1.807, 2.05) is 0 Å². The van der Waals surface area contributed by atoms with Gasteiger partial charge in [-0.1, -0.05) is 23.7 Å². The first kappa shape index (κ1) is 13.3.